The summed E-state index contributed by atoms with van der Waals surface area (Å²) in [7, 11) is 0. The maximum Gasteiger partial charge on any atom is 0.0576 e. The first-order chi connectivity index (χ1) is 9.29. The van der Waals surface area contributed by atoms with E-state index in [1.165, 1.54) is 35.7 Å². The van der Waals surface area contributed by atoms with Crippen molar-refractivity contribution in [2.24, 2.45) is 0 Å². The quantitative estimate of drug-likeness (QED) is 0.820. The monoisotopic (exact) mass is 325 g/mol. The van der Waals surface area contributed by atoms with Crippen LogP contribution >= 0.6 is 15.9 Å². The van der Waals surface area contributed by atoms with Crippen LogP contribution in [0.1, 0.15) is 38.2 Å². The van der Waals surface area contributed by atoms with Crippen molar-refractivity contribution in [2.45, 2.75) is 51.2 Å². The van der Waals surface area contributed by atoms with Gasteiger partial charge in [-0.2, -0.15) is 0 Å². The molecule has 0 amide bonds. The van der Waals surface area contributed by atoms with Crippen molar-refractivity contribution in [1.29, 1.82) is 0 Å². The van der Waals surface area contributed by atoms with Crippen LogP contribution in [0.5, 0.6) is 0 Å². The van der Waals surface area contributed by atoms with Crippen LogP contribution in [0.3, 0.4) is 0 Å². The Balaban J connectivity index is 1.86. The second-order valence-electron chi connectivity index (χ2n) is 5.26. The highest BCUT2D eigenvalue weighted by Crippen LogP contribution is 2.21. The number of benzene rings is 1. The molecule has 1 fully saturated rings. The molecule has 1 aliphatic heterocycles. The summed E-state index contributed by atoms with van der Waals surface area (Å²) < 4.78 is 6.94. The van der Waals surface area contributed by atoms with Crippen molar-refractivity contribution >= 4 is 15.9 Å². The van der Waals surface area contributed by atoms with E-state index in [0.717, 1.165) is 19.6 Å². The third kappa shape index (κ3) is 4.90. The Morgan fingerprint density at radius 1 is 1.42 bits per heavy atom. The first-order valence-corrected chi connectivity index (χ1v) is 8.17. The molecule has 2 rings (SSSR count). The lowest BCUT2D eigenvalue weighted by Crippen LogP contribution is -2.32. The molecule has 2 unspecified atom stereocenters. The molecule has 1 heterocycles. The van der Waals surface area contributed by atoms with Crippen LogP contribution in [0.4, 0.5) is 0 Å². The molecule has 2 atom stereocenters. The van der Waals surface area contributed by atoms with E-state index in [9.17, 15) is 0 Å². The molecule has 1 aliphatic rings. The Hall–Kier alpha value is -0.380. The number of ether oxygens (including phenoxy) is 1. The zero-order chi connectivity index (χ0) is 13.5. The average molecular weight is 326 g/mol. The van der Waals surface area contributed by atoms with E-state index in [1.54, 1.807) is 0 Å². The van der Waals surface area contributed by atoms with Crippen LogP contribution in [-0.2, 0) is 11.2 Å². The molecule has 19 heavy (non-hydrogen) atoms. The van der Waals surface area contributed by atoms with E-state index in [-0.39, 0.29) is 0 Å². The van der Waals surface area contributed by atoms with Gasteiger partial charge in [0.25, 0.3) is 0 Å². The Kier molecular flexibility index (Phi) is 6.35. The molecule has 1 saturated heterocycles. The molecular formula is C16H24BrNO. The van der Waals surface area contributed by atoms with Gasteiger partial charge in [0.05, 0.1) is 6.10 Å². The van der Waals surface area contributed by atoms with Gasteiger partial charge in [-0.15, -0.1) is 0 Å². The molecular weight excluding hydrogens is 302 g/mol. The fourth-order valence-corrected chi connectivity index (χ4v) is 3.20. The largest absolute Gasteiger partial charge is 0.378 e. The fraction of sp³-hybridized carbons (Fsp3) is 0.625. The summed E-state index contributed by atoms with van der Waals surface area (Å²) in [4.78, 5) is 0. The molecule has 0 aromatic heterocycles. The third-order valence-corrected chi connectivity index (χ3v) is 4.55. The van der Waals surface area contributed by atoms with Crippen LogP contribution in [0, 0.1) is 0 Å². The van der Waals surface area contributed by atoms with Crippen molar-refractivity contribution in [1.82, 2.24) is 5.32 Å². The number of hydrogen-bond donors (Lipinski definition) is 1. The lowest BCUT2D eigenvalue weighted by atomic mass is 9.99. The summed E-state index contributed by atoms with van der Waals surface area (Å²) in [5, 5.41) is 3.61. The maximum absolute atomic E-state index is 5.72. The van der Waals surface area contributed by atoms with E-state index >= 15 is 0 Å². The first kappa shape index (κ1) is 15.0. The lowest BCUT2D eigenvalue weighted by Gasteiger charge is -2.20. The zero-order valence-electron chi connectivity index (χ0n) is 11.7. The molecule has 0 bridgehead atoms. The van der Waals surface area contributed by atoms with Gasteiger partial charge in [-0.05, 0) is 50.3 Å². The third-order valence-electron chi connectivity index (χ3n) is 3.78. The minimum atomic E-state index is 0.500. The van der Waals surface area contributed by atoms with Gasteiger partial charge in [0.2, 0.25) is 0 Å². The van der Waals surface area contributed by atoms with Crippen LogP contribution < -0.4 is 5.32 Å². The SMILES string of the molecule is CCNC(CCC1CCCO1)Cc1ccccc1Br. The standard InChI is InChI=1S/C16H24BrNO/c1-2-18-14(9-10-15-7-5-11-19-15)12-13-6-3-4-8-16(13)17/h3-4,6,8,14-15,18H,2,5,7,9-12H2,1H3. The minimum absolute atomic E-state index is 0.500. The van der Waals surface area contributed by atoms with Gasteiger partial charge in [0.15, 0.2) is 0 Å². The van der Waals surface area contributed by atoms with Crippen LogP contribution in [0.2, 0.25) is 0 Å². The normalized spacial score (nSPS) is 20.6. The van der Waals surface area contributed by atoms with Crippen LogP contribution in [-0.4, -0.2) is 25.3 Å². The second-order valence-corrected chi connectivity index (χ2v) is 6.12. The summed E-state index contributed by atoms with van der Waals surface area (Å²) >= 11 is 3.64. The highest BCUT2D eigenvalue weighted by atomic mass is 79.9. The van der Waals surface area contributed by atoms with E-state index in [2.05, 4.69) is 52.4 Å². The minimum Gasteiger partial charge on any atom is -0.378 e. The Labute approximate surface area is 125 Å². The Morgan fingerprint density at radius 3 is 2.95 bits per heavy atom. The zero-order valence-corrected chi connectivity index (χ0v) is 13.3. The molecule has 106 valence electrons. The van der Waals surface area contributed by atoms with Crippen molar-refractivity contribution in [3.8, 4) is 0 Å². The van der Waals surface area contributed by atoms with Crippen molar-refractivity contribution in [2.75, 3.05) is 13.2 Å². The summed E-state index contributed by atoms with van der Waals surface area (Å²) in [6.07, 6.45) is 6.44. The molecule has 1 aromatic carbocycles. The van der Waals surface area contributed by atoms with Gasteiger partial charge in [0, 0.05) is 17.1 Å². The summed E-state index contributed by atoms with van der Waals surface area (Å²) in [5.41, 5.74) is 1.39. The highest BCUT2D eigenvalue weighted by Gasteiger charge is 2.18. The van der Waals surface area contributed by atoms with Crippen molar-refractivity contribution < 1.29 is 4.74 Å². The first-order valence-electron chi connectivity index (χ1n) is 7.38. The number of hydrogen-bond acceptors (Lipinski definition) is 2. The number of likely N-dealkylation sites (N-methyl/N-ethyl adjacent to an activating group) is 1. The van der Waals surface area contributed by atoms with E-state index in [1.807, 2.05) is 0 Å². The van der Waals surface area contributed by atoms with E-state index < -0.39 is 0 Å². The second kappa shape index (κ2) is 8.03. The average Bonchev–Trinajstić information content (AvgIpc) is 2.92. The van der Waals surface area contributed by atoms with E-state index in [0.29, 0.717) is 12.1 Å². The van der Waals surface area contributed by atoms with Gasteiger partial charge in [0.1, 0.15) is 0 Å². The fourth-order valence-electron chi connectivity index (χ4n) is 2.75. The predicted molar refractivity (Wildman–Crippen MR) is 83.5 cm³/mol. The molecule has 0 radical (unpaired) electrons. The van der Waals surface area contributed by atoms with Crippen LogP contribution in [0.15, 0.2) is 28.7 Å². The van der Waals surface area contributed by atoms with Gasteiger partial charge in [-0.1, -0.05) is 41.1 Å². The van der Waals surface area contributed by atoms with E-state index in [4.69, 9.17) is 4.74 Å². The molecule has 3 heteroatoms. The van der Waals surface area contributed by atoms with Crippen molar-refractivity contribution in [3.63, 3.8) is 0 Å². The summed E-state index contributed by atoms with van der Waals surface area (Å²) in [5.74, 6) is 0. The molecule has 0 saturated carbocycles. The molecule has 0 spiro atoms. The Bertz CT molecular complexity index is 377. The van der Waals surface area contributed by atoms with Gasteiger partial charge in [-0.25, -0.2) is 0 Å². The van der Waals surface area contributed by atoms with Gasteiger partial charge < -0.3 is 10.1 Å². The molecule has 1 aromatic rings. The summed E-state index contributed by atoms with van der Waals surface area (Å²) in [6.45, 7) is 4.17. The molecule has 2 nitrogen and oxygen atoms in total. The van der Waals surface area contributed by atoms with Crippen molar-refractivity contribution in [3.05, 3.63) is 34.3 Å². The topological polar surface area (TPSA) is 21.3 Å². The number of nitrogens with one attached hydrogen (secondary N) is 1. The highest BCUT2D eigenvalue weighted by molar-refractivity contribution is 9.10. The predicted octanol–water partition coefficient (Wildman–Crippen LogP) is 3.93. The Morgan fingerprint density at radius 2 is 2.26 bits per heavy atom. The number of halogens is 1. The smallest absolute Gasteiger partial charge is 0.0576 e. The summed E-state index contributed by atoms with van der Waals surface area (Å²) in [6, 6.07) is 9.07. The van der Waals surface area contributed by atoms with Gasteiger partial charge in [-0.3, -0.25) is 0 Å². The lowest BCUT2D eigenvalue weighted by molar-refractivity contribution is 0.0996. The maximum atomic E-state index is 5.72. The number of rotatable bonds is 7. The molecule has 0 aliphatic carbocycles. The van der Waals surface area contributed by atoms with Crippen LogP contribution in [0.25, 0.3) is 0 Å². The molecule has 1 N–H and O–H groups in total. The van der Waals surface area contributed by atoms with Gasteiger partial charge >= 0.3 is 0 Å².